The zero-order valence-corrected chi connectivity index (χ0v) is 11.5. The van der Waals surface area contributed by atoms with Crippen LogP contribution in [0.3, 0.4) is 0 Å². The first kappa shape index (κ1) is 13.5. The number of carbonyl (C=O) groups excluding carboxylic acids is 1. The van der Waals surface area contributed by atoms with Crippen molar-refractivity contribution in [2.75, 3.05) is 32.7 Å². The molecular weight excluding hydrogens is 248 g/mol. The third-order valence-corrected chi connectivity index (χ3v) is 4.30. The number of piperazine rings is 1. The lowest BCUT2D eigenvalue weighted by molar-refractivity contribution is -0.132. The lowest BCUT2D eigenvalue weighted by Gasteiger charge is -2.35. The third-order valence-electron chi connectivity index (χ3n) is 3.33. The first-order chi connectivity index (χ1) is 8.70. The minimum atomic E-state index is -0.404. The third kappa shape index (κ3) is 3.31. The predicted molar refractivity (Wildman–Crippen MR) is 72.6 cm³/mol. The van der Waals surface area contributed by atoms with E-state index in [9.17, 15) is 9.90 Å². The number of aliphatic hydroxyl groups is 1. The van der Waals surface area contributed by atoms with E-state index in [2.05, 4.69) is 4.90 Å². The van der Waals surface area contributed by atoms with Gasteiger partial charge < -0.3 is 10.0 Å². The van der Waals surface area contributed by atoms with Crippen molar-refractivity contribution in [3.05, 3.63) is 22.4 Å². The van der Waals surface area contributed by atoms with Crippen molar-refractivity contribution in [2.24, 2.45) is 0 Å². The van der Waals surface area contributed by atoms with Gasteiger partial charge in [0.15, 0.2) is 0 Å². The quantitative estimate of drug-likeness (QED) is 0.896. The fraction of sp³-hybridized carbons (Fsp3) is 0.615. The van der Waals surface area contributed by atoms with Crippen LogP contribution in [-0.4, -0.2) is 53.5 Å². The molecule has 2 heterocycles. The van der Waals surface area contributed by atoms with E-state index in [0.29, 0.717) is 13.0 Å². The predicted octanol–water partition coefficient (Wildman–Crippen LogP) is 1.34. The Balaban J connectivity index is 1.78. The molecule has 1 amide bonds. The van der Waals surface area contributed by atoms with Crippen LogP contribution >= 0.6 is 11.3 Å². The molecule has 0 spiro atoms. The highest BCUT2D eigenvalue weighted by Gasteiger charge is 2.22. The van der Waals surface area contributed by atoms with Crippen molar-refractivity contribution in [1.82, 2.24) is 9.80 Å². The molecule has 1 aliphatic rings. The molecule has 1 N–H and O–H groups in total. The molecule has 1 fully saturated rings. The van der Waals surface area contributed by atoms with E-state index in [1.165, 1.54) is 0 Å². The van der Waals surface area contributed by atoms with E-state index in [-0.39, 0.29) is 5.91 Å². The number of β-amino-alcohol motifs (C(OH)–C–C–N with tert-alkyl or cyclic N) is 1. The Morgan fingerprint density at radius 2 is 2.17 bits per heavy atom. The number of carbonyl (C=O) groups is 1. The average Bonchev–Trinajstić information content (AvgIpc) is 2.92. The molecule has 5 heteroatoms. The van der Waals surface area contributed by atoms with Crippen molar-refractivity contribution in [1.29, 1.82) is 0 Å². The van der Waals surface area contributed by atoms with Crippen LogP contribution in [0.5, 0.6) is 0 Å². The van der Waals surface area contributed by atoms with E-state index >= 15 is 0 Å². The van der Waals surface area contributed by atoms with Crippen LogP contribution in [0.1, 0.15) is 24.3 Å². The van der Waals surface area contributed by atoms with Crippen LogP contribution in [0.25, 0.3) is 0 Å². The minimum absolute atomic E-state index is 0.230. The van der Waals surface area contributed by atoms with Crippen molar-refractivity contribution >= 4 is 17.2 Å². The zero-order valence-electron chi connectivity index (χ0n) is 10.7. The minimum Gasteiger partial charge on any atom is -0.386 e. The second-order valence-electron chi connectivity index (χ2n) is 4.57. The number of nitrogens with zero attached hydrogens (tertiary/aromatic N) is 2. The number of hydrogen-bond acceptors (Lipinski definition) is 4. The first-order valence-electron chi connectivity index (χ1n) is 6.42. The Kier molecular flexibility index (Phi) is 4.74. The van der Waals surface area contributed by atoms with Crippen molar-refractivity contribution in [3.8, 4) is 0 Å². The largest absolute Gasteiger partial charge is 0.386 e. The fourth-order valence-electron chi connectivity index (χ4n) is 2.22. The molecule has 1 aromatic rings. The summed E-state index contributed by atoms with van der Waals surface area (Å²) in [5.74, 6) is 0.230. The Hall–Kier alpha value is -0.910. The van der Waals surface area contributed by atoms with Crippen LogP contribution in [0, 0.1) is 0 Å². The molecule has 0 aliphatic carbocycles. The lowest BCUT2D eigenvalue weighted by Crippen LogP contribution is -2.49. The summed E-state index contributed by atoms with van der Waals surface area (Å²) in [6.45, 7) is 5.83. The standard InChI is InChI=1S/C13H20N2O2S/c1-2-13(17)15-7-5-14(6-8-15)10-11(16)12-4-3-9-18-12/h3-4,9,11,16H,2,5-8,10H2,1H3. The van der Waals surface area contributed by atoms with Gasteiger partial charge in [-0.2, -0.15) is 0 Å². The fourth-order valence-corrected chi connectivity index (χ4v) is 2.92. The van der Waals surface area contributed by atoms with Crippen molar-refractivity contribution in [3.63, 3.8) is 0 Å². The normalized spacial score (nSPS) is 18.9. The molecule has 1 aromatic heterocycles. The second kappa shape index (κ2) is 6.31. The number of aliphatic hydroxyl groups excluding tert-OH is 1. The van der Waals surface area contributed by atoms with Gasteiger partial charge in [0.25, 0.3) is 0 Å². The molecule has 0 bridgehead atoms. The van der Waals surface area contributed by atoms with Crippen molar-refractivity contribution < 1.29 is 9.90 Å². The summed E-state index contributed by atoms with van der Waals surface area (Å²) in [6.07, 6.45) is 0.177. The smallest absolute Gasteiger partial charge is 0.222 e. The Bertz CT molecular complexity index is 372. The second-order valence-corrected chi connectivity index (χ2v) is 5.55. The maximum absolute atomic E-state index is 11.5. The van der Waals surface area contributed by atoms with Gasteiger partial charge in [0.1, 0.15) is 6.10 Å². The number of rotatable bonds is 4. The molecule has 100 valence electrons. The first-order valence-corrected chi connectivity index (χ1v) is 7.30. The van der Waals surface area contributed by atoms with Gasteiger partial charge in [0.05, 0.1) is 0 Å². The molecular formula is C13H20N2O2S. The van der Waals surface area contributed by atoms with Crippen molar-refractivity contribution in [2.45, 2.75) is 19.4 Å². The summed E-state index contributed by atoms with van der Waals surface area (Å²) in [5.41, 5.74) is 0. The number of thiophene rings is 1. The van der Waals surface area contributed by atoms with Gasteiger partial charge in [-0.25, -0.2) is 0 Å². The number of amides is 1. The Labute approximate surface area is 112 Å². The molecule has 1 atom stereocenters. The summed E-state index contributed by atoms with van der Waals surface area (Å²) < 4.78 is 0. The van der Waals surface area contributed by atoms with Gasteiger partial charge in [-0.05, 0) is 11.4 Å². The molecule has 0 radical (unpaired) electrons. The van der Waals surface area contributed by atoms with Gasteiger partial charge in [0.2, 0.25) is 5.91 Å². The van der Waals surface area contributed by atoms with Crippen LogP contribution in [0.4, 0.5) is 0 Å². The van der Waals surface area contributed by atoms with Gasteiger partial charge in [0, 0.05) is 44.0 Å². The van der Waals surface area contributed by atoms with Crippen LogP contribution < -0.4 is 0 Å². The van der Waals surface area contributed by atoms with Crippen LogP contribution in [0.2, 0.25) is 0 Å². The highest BCUT2D eigenvalue weighted by molar-refractivity contribution is 7.10. The Morgan fingerprint density at radius 1 is 1.44 bits per heavy atom. The Morgan fingerprint density at radius 3 is 2.72 bits per heavy atom. The highest BCUT2D eigenvalue weighted by Crippen LogP contribution is 2.20. The highest BCUT2D eigenvalue weighted by atomic mass is 32.1. The van der Waals surface area contributed by atoms with Gasteiger partial charge >= 0.3 is 0 Å². The maximum Gasteiger partial charge on any atom is 0.222 e. The van der Waals surface area contributed by atoms with E-state index in [1.54, 1.807) is 11.3 Å². The van der Waals surface area contributed by atoms with E-state index in [1.807, 2.05) is 29.3 Å². The SMILES string of the molecule is CCC(=O)N1CCN(CC(O)c2cccs2)CC1. The molecule has 18 heavy (non-hydrogen) atoms. The lowest BCUT2D eigenvalue weighted by atomic mass is 10.2. The molecule has 1 unspecified atom stereocenters. The molecule has 1 aliphatic heterocycles. The molecule has 0 aromatic carbocycles. The molecule has 4 nitrogen and oxygen atoms in total. The molecule has 2 rings (SSSR count). The van der Waals surface area contributed by atoms with E-state index in [0.717, 1.165) is 31.1 Å². The maximum atomic E-state index is 11.5. The average molecular weight is 268 g/mol. The summed E-state index contributed by atoms with van der Waals surface area (Å²) in [6, 6.07) is 3.92. The van der Waals surface area contributed by atoms with Crippen LogP contribution in [-0.2, 0) is 4.79 Å². The van der Waals surface area contributed by atoms with Gasteiger partial charge in [-0.3, -0.25) is 9.69 Å². The molecule has 0 saturated carbocycles. The van der Waals surface area contributed by atoms with E-state index in [4.69, 9.17) is 0 Å². The zero-order chi connectivity index (χ0) is 13.0. The number of hydrogen-bond donors (Lipinski definition) is 1. The van der Waals surface area contributed by atoms with Gasteiger partial charge in [-0.1, -0.05) is 13.0 Å². The van der Waals surface area contributed by atoms with E-state index < -0.39 is 6.10 Å². The van der Waals surface area contributed by atoms with Gasteiger partial charge in [-0.15, -0.1) is 11.3 Å². The van der Waals surface area contributed by atoms with Crippen LogP contribution in [0.15, 0.2) is 17.5 Å². The summed E-state index contributed by atoms with van der Waals surface area (Å²) in [5, 5.41) is 12.1. The topological polar surface area (TPSA) is 43.8 Å². The monoisotopic (exact) mass is 268 g/mol. The summed E-state index contributed by atoms with van der Waals surface area (Å²) in [7, 11) is 0. The summed E-state index contributed by atoms with van der Waals surface area (Å²) in [4.78, 5) is 16.7. The summed E-state index contributed by atoms with van der Waals surface area (Å²) >= 11 is 1.59. The molecule has 1 saturated heterocycles.